The largest absolute Gasteiger partial charge is 0.391 e. The number of nitrogens with zero attached hydrogens (tertiary/aromatic N) is 1. The van der Waals surface area contributed by atoms with Crippen molar-refractivity contribution in [3.8, 4) is 0 Å². The van der Waals surface area contributed by atoms with E-state index >= 15 is 0 Å². The quantitative estimate of drug-likeness (QED) is 0.899. The molecule has 3 rings (SSSR count). The van der Waals surface area contributed by atoms with Gasteiger partial charge in [0.1, 0.15) is 0 Å². The van der Waals surface area contributed by atoms with Gasteiger partial charge in [0.2, 0.25) is 0 Å². The molecule has 0 saturated carbocycles. The van der Waals surface area contributed by atoms with Crippen LogP contribution in [0, 0.1) is 11.8 Å². The van der Waals surface area contributed by atoms with Gasteiger partial charge >= 0.3 is 6.18 Å². The first-order valence-electron chi connectivity index (χ1n) is 9.09. The summed E-state index contributed by atoms with van der Waals surface area (Å²) in [6.45, 7) is 2.44. The maximum Gasteiger partial charge on any atom is 0.391 e. The molecule has 138 valence electrons. The molecule has 2 aliphatic rings. The van der Waals surface area contributed by atoms with Crippen molar-refractivity contribution in [2.75, 3.05) is 26.2 Å². The molecule has 3 nitrogen and oxygen atoms in total. The molecule has 0 bridgehead atoms. The number of likely N-dealkylation sites (tertiary alicyclic amines) is 1. The predicted molar refractivity (Wildman–Crippen MR) is 90.4 cm³/mol. The van der Waals surface area contributed by atoms with Crippen molar-refractivity contribution >= 4 is 5.91 Å². The van der Waals surface area contributed by atoms with Gasteiger partial charge in [-0.2, -0.15) is 13.2 Å². The Bertz CT molecular complexity index is 589. The maximum atomic E-state index is 12.8. The third-order valence-electron chi connectivity index (χ3n) is 5.40. The Morgan fingerprint density at radius 1 is 1.12 bits per heavy atom. The number of carbonyl (C=O) groups is 1. The van der Waals surface area contributed by atoms with E-state index in [-0.39, 0.29) is 31.8 Å². The van der Waals surface area contributed by atoms with Gasteiger partial charge in [-0.15, -0.1) is 0 Å². The maximum absolute atomic E-state index is 12.8. The molecule has 1 aromatic carbocycles. The predicted octanol–water partition coefficient (Wildman–Crippen LogP) is 3.64. The monoisotopic (exact) mass is 354 g/mol. The number of piperidine rings is 2. The Balaban J connectivity index is 1.60. The minimum absolute atomic E-state index is 0.00397. The minimum Gasteiger partial charge on any atom is -0.339 e. The molecular weight excluding hydrogens is 329 g/mol. The molecular formula is C19H25F3N2O. The van der Waals surface area contributed by atoms with E-state index in [1.54, 1.807) is 11.0 Å². The number of halogens is 3. The van der Waals surface area contributed by atoms with Gasteiger partial charge in [-0.25, -0.2) is 0 Å². The summed E-state index contributed by atoms with van der Waals surface area (Å²) in [6.07, 6.45) is -0.900. The smallest absolute Gasteiger partial charge is 0.339 e. The number of nitrogens with one attached hydrogen (secondary N) is 1. The third-order valence-corrected chi connectivity index (χ3v) is 5.40. The van der Waals surface area contributed by atoms with E-state index in [1.165, 1.54) is 0 Å². The number of hydrogen-bond donors (Lipinski definition) is 1. The molecule has 0 aliphatic carbocycles. The zero-order valence-corrected chi connectivity index (χ0v) is 14.3. The second-order valence-corrected chi connectivity index (χ2v) is 7.21. The number of amides is 1. The van der Waals surface area contributed by atoms with Crippen molar-refractivity contribution in [2.45, 2.75) is 38.3 Å². The van der Waals surface area contributed by atoms with Crippen LogP contribution in [0.5, 0.6) is 0 Å². The van der Waals surface area contributed by atoms with Crippen LogP contribution in [0.1, 0.15) is 41.6 Å². The van der Waals surface area contributed by atoms with E-state index in [1.807, 2.05) is 18.2 Å². The van der Waals surface area contributed by atoms with Crippen LogP contribution in [0.15, 0.2) is 24.3 Å². The third kappa shape index (κ3) is 4.75. The van der Waals surface area contributed by atoms with Crippen LogP contribution in [0.4, 0.5) is 13.2 Å². The first kappa shape index (κ1) is 18.2. The molecule has 2 saturated heterocycles. The molecule has 0 aromatic heterocycles. The van der Waals surface area contributed by atoms with Gasteiger partial charge in [0.05, 0.1) is 5.92 Å². The Morgan fingerprint density at radius 3 is 2.44 bits per heavy atom. The van der Waals surface area contributed by atoms with Crippen LogP contribution in [-0.4, -0.2) is 43.2 Å². The van der Waals surface area contributed by atoms with Crippen LogP contribution in [0.25, 0.3) is 0 Å². The summed E-state index contributed by atoms with van der Waals surface area (Å²) in [6, 6.07) is 7.60. The molecule has 2 aliphatic heterocycles. The molecule has 1 N–H and O–H groups in total. The van der Waals surface area contributed by atoms with Gasteiger partial charge in [-0.3, -0.25) is 4.79 Å². The van der Waals surface area contributed by atoms with E-state index < -0.39 is 12.1 Å². The van der Waals surface area contributed by atoms with Crippen LogP contribution < -0.4 is 5.32 Å². The molecule has 2 fully saturated rings. The molecule has 1 amide bonds. The van der Waals surface area contributed by atoms with Crippen molar-refractivity contribution < 1.29 is 18.0 Å². The summed E-state index contributed by atoms with van der Waals surface area (Å²) in [7, 11) is 0. The fourth-order valence-corrected chi connectivity index (χ4v) is 3.84. The standard InChI is InChI=1S/C19H25F3N2O/c20-19(21,22)17-6-10-24(11-7-17)18(25)16-3-1-2-15(13-16)12-14-4-8-23-9-5-14/h1-3,13-14,17,23H,4-12H2. The topological polar surface area (TPSA) is 32.3 Å². The lowest BCUT2D eigenvalue weighted by molar-refractivity contribution is -0.183. The van der Waals surface area contributed by atoms with Crippen molar-refractivity contribution in [1.82, 2.24) is 10.2 Å². The molecule has 0 spiro atoms. The number of rotatable bonds is 3. The first-order valence-corrected chi connectivity index (χ1v) is 9.09. The Kier molecular flexibility index (Phi) is 5.67. The van der Waals surface area contributed by atoms with Crippen molar-refractivity contribution in [3.63, 3.8) is 0 Å². The lowest BCUT2D eigenvalue weighted by Gasteiger charge is -2.33. The van der Waals surface area contributed by atoms with Gasteiger partial charge in [-0.1, -0.05) is 12.1 Å². The number of hydrogen-bond acceptors (Lipinski definition) is 2. The van der Waals surface area contributed by atoms with Crippen LogP contribution in [0.2, 0.25) is 0 Å². The molecule has 1 aromatic rings. The number of carbonyl (C=O) groups excluding carboxylic acids is 1. The summed E-state index contributed by atoms with van der Waals surface area (Å²) >= 11 is 0. The van der Waals surface area contributed by atoms with E-state index in [9.17, 15) is 18.0 Å². The van der Waals surface area contributed by atoms with E-state index in [4.69, 9.17) is 0 Å². The average Bonchev–Trinajstić information content (AvgIpc) is 2.61. The Hall–Kier alpha value is -1.56. The van der Waals surface area contributed by atoms with Crippen molar-refractivity contribution in [3.05, 3.63) is 35.4 Å². The summed E-state index contributed by atoms with van der Waals surface area (Å²) in [5, 5.41) is 3.35. The molecule has 25 heavy (non-hydrogen) atoms. The molecule has 0 atom stereocenters. The van der Waals surface area contributed by atoms with Crippen LogP contribution >= 0.6 is 0 Å². The van der Waals surface area contributed by atoms with Gasteiger partial charge in [0, 0.05) is 18.7 Å². The highest BCUT2D eigenvalue weighted by atomic mass is 19.4. The highest BCUT2D eigenvalue weighted by Gasteiger charge is 2.41. The average molecular weight is 354 g/mol. The number of benzene rings is 1. The number of alkyl halides is 3. The highest BCUT2D eigenvalue weighted by Crippen LogP contribution is 2.34. The van der Waals surface area contributed by atoms with E-state index in [0.717, 1.165) is 37.9 Å². The van der Waals surface area contributed by atoms with E-state index in [2.05, 4.69) is 5.32 Å². The summed E-state index contributed by atoms with van der Waals surface area (Å²) in [4.78, 5) is 14.2. The van der Waals surface area contributed by atoms with Gasteiger partial charge in [0.15, 0.2) is 0 Å². The summed E-state index contributed by atoms with van der Waals surface area (Å²) in [5.74, 6) is -0.787. The van der Waals surface area contributed by atoms with Crippen molar-refractivity contribution in [1.29, 1.82) is 0 Å². The SMILES string of the molecule is O=C(c1cccc(CC2CCNCC2)c1)N1CCC(C(F)(F)F)CC1. The molecule has 0 unspecified atom stereocenters. The fourth-order valence-electron chi connectivity index (χ4n) is 3.84. The molecule has 2 heterocycles. The highest BCUT2D eigenvalue weighted by molar-refractivity contribution is 5.94. The lowest BCUT2D eigenvalue weighted by atomic mass is 9.90. The Morgan fingerprint density at radius 2 is 1.80 bits per heavy atom. The zero-order valence-electron chi connectivity index (χ0n) is 14.3. The first-order chi connectivity index (χ1) is 11.9. The molecule has 6 heteroatoms. The fraction of sp³-hybridized carbons (Fsp3) is 0.632. The van der Waals surface area contributed by atoms with E-state index in [0.29, 0.717) is 11.5 Å². The van der Waals surface area contributed by atoms with Crippen LogP contribution in [0.3, 0.4) is 0 Å². The van der Waals surface area contributed by atoms with Crippen molar-refractivity contribution in [2.24, 2.45) is 11.8 Å². The molecule has 0 radical (unpaired) electrons. The zero-order chi connectivity index (χ0) is 17.9. The Labute approximate surface area is 146 Å². The van der Waals surface area contributed by atoms with Crippen LogP contribution in [-0.2, 0) is 6.42 Å². The van der Waals surface area contributed by atoms with Gasteiger partial charge in [-0.05, 0) is 68.8 Å². The summed E-state index contributed by atoms with van der Waals surface area (Å²) < 4.78 is 38.3. The van der Waals surface area contributed by atoms with Gasteiger partial charge in [0.25, 0.3) is 5.91 Å². The van der Waals surface area contributed by atoms with Gasteiger partial charge < -0.3 is 10.2 Å². The normalized spacial score (nSPS) is 20.7. The summed E-state index contributed by atoms with van der Waals surface area (Å²) in [5.41, 5.74) is 1.74. The second kappa shape index (κ2) is 7.77. The minimum atomic E-state index is -4.15. The second-order valence-electron chi connectivity index (χ2n) is 7.21. The lowest BCUT2D eigenvalue weighted by Crippen LogP contribution is -2.42.